The molecule has 0 fully saturated rings. The maximum absolute atomic E-state index is 13.6. The minimum absolute atomic E-state index is 0.0718. The molecule has 1 aromatic rings. The first-order valence-corrected chi connectivity index (χ1v) is 6.09. The van der Waals surface area contributed by atoms with Crippen LogP contribution in [0.2, 0.25) is 0 Å². The summed E-state index contributed by atoms with van der Waals surface area (Å²) in [4.78, 5) is 0. The van der Waals surface area contributed by atoms with Crippen LogP contribution in [0, 0.1) is 17.6 Å². The van der Waals surface area contributed by atoms with Gasteiger partial charge in [0.15, 0.2) is 0 Å². The van der Waals surface area contributed by atoms with Gasteiger partial charge in [0.2, 0.25) is 0 Å². The molecule has 1 aromatic carbocycles. The van der Waals surface area contributed by atoms with E-state index in [2.05, 4.69) is 15.9 Å². The lowest BCUT2D eigenvalue weighted by Gasteiger charge is -2.15. The lowest BCUT2D eigenvalue weighted by Crippen LogP contribution is -2.25. The Morgan fingerprint density at radius 1 is 1.31 bits per heavy atom. The van der Waals surface area contributed by atoms with Gasteiger partial charge < -0.3 is 5.73 Å². The summed E-state index contributed by atoms with van der Waals surface area (Å²) in [5.41, 5.74) is 5.92. The molecular weight excluding hydrogens is 276 g/mol. The van der Waals surface area contributed by atoms with Crippen molar-refractivity contribution in [2.45, 2.75) is 32.7 Å². The van der Waals surface area contributed by atoms with Crippen LogP contribution < -0.4 is 5.73 Å². The van der Waals surface area contributed by atoms with Crippen LogP contribution in [0.15, 0.2) is 16.6 Å². The summed E-state index contributed by atoms with van der Waals surface area (Å²) in [5.74, 6) is -0.646. The fourth-order valence-electron chi connectivity index (χ4n) is 1.71. The second kappa shape index (κ2) is 5.73. The van der Waals surface area contributed by atoms with Crippen LogP contribution in [0.4, 0.5) is 8.78 Å². The lowest BCUT2D eigenvalue weighted by molar-refractivity contribution is 0.470. The summed E-state index contributed by atoms with van der Waals surface area (Å²) in [6, 6.07) is 2.41. The number of halogens is 3. The average molecular weight is 292 g/mol. The van der Waals surface area contributed by atoms with Crippen molar-refractivity contribution in [2.75, 3.05) is 0 Å². The van der Waals surface area contributed by atoms with Crippen LogP contribution in [-0.2, 0) is 6.42 Å². The van der Waals surface area contributed by atoms with Crippen molar-refractivity contribution in [3.63, 3.8) is 0 Å². The zero-order valence-electron chi connectivity index (χ0n) is 9.43. The molecule has 0 aromatic heterocycles. The third kappa shape index (κ3) is 3.52. The largest absolute Gasteiger partial charge is 0.327 e. The zero-order valence-corrected chi connectivity index (χ0v) is 11.0. The topological polar surface area (TPSA) is 26.0 Å². The first-order valence-electron chi connectivity index (χ1n) is 5.29. The van der Waals surface area contributed by atoms with Gasteiger partial charge >= 0.3 is 0 Å². The van der Waals surface area contributed by atoms with Crippen LogP contribution >= 0.6 is 15.9 Å². The highest BCUT2D eigenvalue weighted by Gasteiger charge is 2.16. The fraction of sp³-hybridized carbons (Fsp3) is 0.500. The van der Waals surface area contributed by atoms with Crippen molar-refractivity contribution in [2.24, 2.45) is 11.7 Å². The van der Waals surface area contributed by atoms with E-state index in [9.17, 15) is 8.78 Å². The minimum Gasteiger partial charge on any atom is -0.327 e. The molecule has 0 aliphatic carbocycles. The van der Waals surface area contributed by atoms with Crippen LogP contribution in [-0.4, -0.2) is 6.04 Å². The molecule has 2 N–H and O–H groups in total. The Bertz CT molecular complexity index is 366. The predicted molar refractivity (Wildman–Crippen MR) is 65.2 cm³/mol. The van der Waals surface area contributed by atoms with Crippen molar-refractivity contribution < 1.29 is 8.78 Å². The van der Waals surface area contributed by atoms with E-state index in [1.165, 1.54) is 12.1 Å². The monoisotopic (exact) mass is 291 g/mol. The van der Waals surface area contributed by atoms with E-state index in [4.69, 9.17) is 5.73 Å². The van der Waals surface area contributed by atoms with Gasteiger partial charge in [-0.3, -0.25) is 0 Å². The number of rotatable bonds is 4. The summed E-state index contributed by atoms with van der Waals surface area (Å²) < 4.78 is 27.3. The molecule has 0 amide bonds. The van der Waals surface area contributed by atoms with Gasteiger partial charge in [0.25, 0.3) is 0 Å². The Kier molecular flexibility index (Phi) is 4.87. The molecule has 16 heavy (non-hydrogen) atoms. The number of nitrogens with two attached hydrogens (primary N) is 1. The highest BCUT2D eigenvalue weighted by Crippen LogP contribution is 2.23. The third-order valence-corrected chi connectivity index (χ3v) is 2.99. The van der Waals surface area contributed by atoms with Crippen LogP contribution in [0.3, 0.4) is 0 Å². The van der Waals surface area contributed by atoms with Gasteiger partial charge in [-0.1, -0.05) is 13.8 Å². The molecule has 0 aliphatic heterocycles. The minimum atomic E-state index is -0.542. The molecule has 1 atom stereocenters. The first kappa shape index (κ1) is 13.6. The lowest BCUT2D eigenvalue weighted by atomic mass is 9.97. The fourth-order valence-corrected chi connectivity index (χ4v) is 2.08. The Balaban J connectivity index is 2.84. The summed E-state index contributed by atoms with van der Waals surface area (Å²) >= 11 is 3.04. The van der Waals surface area contributed by atoms with E-state index in [1.807, 2.05) is 13.8 Å². The van der Waals surface area contributed by atoms with Crippen molar-refractivity contribution in [1.29, 1.82) is 0 Å². The van der Waals surface area contributed by atoms with Gasteiger partial charge in [-0.15, -0.1) is 0 Å². The maximum atomic E-state index is 13.6. The highest BCUT2D eigenvalue weighted by molar-refractivity contribution is 9.10. The Morgan fingerprint density at radius 2 is 1.94 bits per heavy atom. The number of benzene rings is 1. The van der Waals surface area contributed by atoms with Crippen molar-refractivity contribution in [1.82, 2.24) is 0 Å². The number of hydrogen-bond donors (Lipinski definition) is 1. The Hall–Kier alpha value is -0.480. The molecule has 0 saturated heterocycles. The maximum Gasteiger partial charge on any atom is 0.143 e. The van der Waals surface area contributed by atoms with E-state index in [-0.39, 0.29) is 22.5 Å². The van der Waals surface area contributed by atoms with Crippen molar-refractivity contribution in [3.8, 4) is 0 Å². The second-order valence-electron chi connectivity index (χ2n) is 4.42. The normalized spacial score (nSPS) is 13.2. The summed E-state index contributed by atoms with van der Waals surface area (Å²) in [6.07, 6.45) is 0.987. The quantitative estimate of drug-likeness (QED) is 0.842. The summed E-state index contributed by atoms with van der Waals surface area (Å²) in [7, 11) is 0. The van der Waals surface area contributed by atoms with Gasteiger partial charge in [0, 0.05) is 11.6 Å². The number of hydrogen-bond acceptors (Lipinski definition) is 1. The SMILES string of the molecule is CC(C)CC(N)Cc1c(F)ccc(Br)c1F. The zero-order chi connectivity index (χ0) is 12.3. The summed E-state index contributed by atoms with van der Waals surface area (Å²) in [5, 5.41) is 0. The Morgan fingerprint density at radius 3 is 2.50 bits per heavy atom. The van der Waals surface area contributed by atoms with E-state index in [0.29, 0.717) is 5.92 Å². The average Bonchev–Trinajstić information content (AvgIpc) is 2.17. The van der Waals surface area contributed by atoms with Crippen LogP contribution in [0.1, 0.15) is 25.8 Å². The van der Waals surface area contributed by atoms with E-state index >= 15 is 0 Å². The molecule has 0 aliphatic rings. The van der Waals surface area contributed by atoms with Crippen LogP contribution in [0.25, 0.3) is 0 Å². The molecule has 0 radical (unpaired) electrons. The van der Waals surface area contributed by atoms with Gasteiger partial charge in [-0.2, -0.15) is 0 Å². The molecule has 90 valence electrons. The molecular formula is C12H16BrF2N. The molecule has 1 rings (SSSR count). The van der Waals surface area contributed by atoms with E-state index in [1.54, 1.807) is 0 Å². The molecule has 4 heteroatoms. The molecule has 0 saturated carbocycles. The Labute approximate surface area is 103 Å². The van der Waals surface area contributed by atoms with Gasteiger partial charge in [-0.05, 0) is 46.8 Å². The molecule has 0 bridgehead atoms. The van der Waals surface area contributed by atoms with Crippen molar-refractivity contribution in [3.05, 3.63) is 33.8 Å². The van der Waals surface area contributed by atoms with E-state index in [0.717, 1.165) is 6.42 Å². The predicted octanol–water partition coefficient (Wildman–Crippen LogP) is 3.64. The third-order valence-electron chi connectivity index (χ3n) is 2.38. The van der Waals surface area contributed by atoms with E-state index < -0.39 is 11.6 Å². The van der Waals surface area contributed by atoms with Gasteiger partial charge in [0.05, 0.1) is 4.47 Å². The molecule has 1 unspecified atom stereocenters. The van der Waals surface area contributed by atoms with Gasteiger partial charge in [0.1, 0.15) is 11.6 Å². The second-order valence-corrected chi connectivity index (χ2v) is 5.27. The van der Waals surface area contributed by atoms with Crippen molar-refractivity contribution >= 4 is 15.9 Å². The molecule has 1 nitrogen and oxygen atoms in total. The first-order chi connectivity index (χ1) is 7.41. The standard InChI is InChI=1S/C12H16BrF2N/c1-7(2)5-8(16)6-9-11(14)4-3-10(13)12(9)15/h3-4,7-8H,5-6,16H2,1-2H3. The smallest absolute Gasteiger partial charge is 0.143 e. The van der Waals surface area contributed by atoms with Gasteiger partial charge in [-0.25, -0.2) is 8.78 Å². The summed E-state index contributed by atoms with van der Waals surface area (Å²) in [6.45, 7) is 4.07. The van der Waals surface area contributed by atoms with Crippen LogP contribution in [0.5, 0.6) is 0 Å². The molecule has 0 spiro atoms. The highest BCUT2D eigenvalue weighted by atomic mass is 79.9. The molecule has 0 heterocycles.